The molecule has 0 fully saturated rings. The zero-order valence-electron chi connectivity index (χ0n) is 13.6. The second-order valence-electron chi connectivity index (χ2n) is 5.39. The SMILES string of the molecule is CCCN(CC(=O)O)Cc1csc(CNC(=O)c2ccccc2)n1. The van der Waals surface area contributed by atoms with Crippen LogP contribution in [0.2, 0.25) is 0 Å². The predicted molar refractivity (Wildman–Crippen MR) is 92.9 cm³/mol. The maximum Gasteiger partial charge on any atom is 0.317 e. The van der Waals surface area contributed by atoms with Crippen molar-refractivity contribution in [1.82, 2.24) is 15.2 Å². The molecule has 128 valence electrons. The first-order valence-corrected chi connectivity index (χ1v) is 8.67. The molecule has 0 aliphatic rings. The van der Waals surface area contributed by atoms with Gasteiger partial charge in [-0.25, -0.2) is 4.98 Å². The monoisotopic (exact) mass is 347 g/mol. The van der Waals surface area contributed by atoms with E-state index in [0.717, 1.165) is 17.1 Å². The zero-order chi connectivity index (χ0) is 17.4. The molecule has 1 heterocycles. The Bertz CT molecular complexity index is 673. The molecule has 1 aromatic carbocycles. The van der Waals surface area contributed by atoms with Gasteiger partial charge in [0.2, 0.25) is 0 Å². The Morgan fingerprint density at radius 1 is 1.29 bits per heavy atom. The predicted octanol–water partition coefficient (Wildman–Crippen LogP) is 2.37. The number of carboxylic acid groups (broad SMARTS) is 1. The van der Waals surface area contributed by atoms with Crippen molar-refractivity contribution in [3.63, 3.8) is 0 Å². The number of thiazole rings is 1. The first kappa shape index (κ1) is 18.1. The van der Waals surface area contributed by atoms with Crippen molar-refractivity contribution < 1.29 is 14.7 Å². The van der Waals surface area contributed by atoms with Crippen LogP contribution >= 0.6 is 11.3 Å². The topological polar surface area (TPSA) is 82.5 Å². The lowest BCUT2D eigenvalue weighted by atomic mass is 10.2. The van der Waals surface area contributed by atoms with Gasteiger partial charge in [-0.3, -0.25) is 14.5 Å². The van der Waals surface area contributed by atoms with E-state index in [1.54, 1.807) is 12.1 Å². The number of hydrogen-bond donors (Lipinski definition) is 2. The number of hydrogen-bond acceptors (Lipinski definition) is 5. The van der Waals surface area contributed by atoms with Crippen LogP contribution in [-0.2, 0) is 17.9 Å². The summed E-state index contributed by atoms with van der Waals surface area (Å²) in [5.41, 5.74) is 1.45. The van der Waals surface area contributed by atoms with Gasteiger partial charge in [-0.1, -0.05) is 25.1 Å². The summed E-state index contributed by atoms with van der Waals surface area (Å²) in [5, 5.41) is 14.5. The molecule has 0 spiro atoms. The van der Waals surface area contributed by atoms with Gasteiger partial charge in [0.25, 0.3) is 5.91 Å². The zero-order valence-corrected chi connectivity index (χ0v) is 14.4. The Morgan fingerprint density at radius 3 is 2.71 bits per heavy atom. The molecule has 2 N–H and O–H groups in total. The maximum absolute atomic E-state index is 12.0. The molecule has 0 aliphatic heterocycles. The third kappa shape index (κ3) is 5.75. The van der Waals surface area contributed by atoms with Gasteiger partial charge in [0, 0.05) is 17.5 Å². The molecule has 24 heavy (non-hydrogen) atoms. The number of carbonyl (C=O) groups is 2. The fourth-order valence-corrected chi connectivity index (χ4v) is 3.03. The van der Waals surface area contributed by atoms with E-state index in [2.05, 4.69) is 10.3 Å². The van der Waals surface area contributed by atoms with E-state index in [0.29, 0.717) is 25.2 Å². The maximum atomic E-state index is 12.0. The third-order valence-electron chi connectivity index (χ3n) is 3.32. The van der Waals surface area contributed by atoms with E-state index in [4.69, 9.17) is 5.11 Å². The molecule has 0 saturated carbocycles. The minimum atomic E-state index is -0.839. The molecule has 7 heteroatoms. The molecular formula is C17H21N3O3S. The van der Waals surface area contributed by atoms with Crippen molar-refractivity contribution in [2.24, 2.45) is 0 Å². The Labute approximate surface area is 145 Å². The molecule has 0 atom stereocenters. The average Bonchev–Trinajstić information content (AvgIpc) is 3.00. The summed E-state index contributed by atoms with van der Waals surface area (Å²) in [5.74, 6) is -0.972. The van der Waals surface area contributed by atoms with Crippen molar-refractivity contribution in [3.8, 4) is 0 Å². The summed E-state index contributed by atoms with van der Waals surface area (Å²) in [6, 6.07) is 9.03. The lowest BCUT2D eigenvalue weighted by Crippen LogP contribution is -2.30. The van der Waals surface area contributed by atoms with Gasteiger partial charge in [0.1, 0.15) is 5.01 Å². The molecule has 6 nitrogen and oxygen atoms in total. The van der Waals surface area contributed by atoms with E-state index in [1.807, 2.05) is 35.4 Å². The highest BCUT2D eigenvalue weighted by molar-refractivity contribution is 7.09. The number of nitrogens with one attached hydrogen (secondary N) is 1. The van der Waals surface area contributed by atoms with Crippen molar-refractivity contribution in [2.45, 2.75) is 26.4 Å². The van der Waals surface area contributed by atoms with Crippen LogP contribution in [0.25, 0.3) is 0 Å². The summed E-state index contributed by atoms with van der Waals surface area (Å²) in [6.45, 7) is 3.60. The number of carbonyl (C=O) groups excluding carboxylic acids is 1. The van der Waals surface area contributed by atoms with Gasteiger partial charge in [0.15, 0.2) is 0 Å². The first-order valence-electron chi connectivity index (χ1n) is 7.79. The minimum Gasteiger partial charge on any atom is -0.480 e. The standard InChI is InChI=1S/C17H21N3O3S/c1-2-8-20(11-16(21)22)10-14-12-24-15(19-14)9-18-17(23)13-6-4-3-5-7-13/h3-7,12H,2,8-11H2,1H3,(H,18,23)(H,21,22). The van der Waals surface area contributed by atoms with Crippen LogP contribution in [0.1, 0.15) is 34.4 Å². The smallest absolute Gasteiger partial charge is 0.317 e. The molecule has 0 aliphatic carbocycles. The molecule has 0 saturated heterocycles. The highest BCUT2D eigenvalue weighted by Gasteiger charge is 2.12. The lowest BCUT2D eigenvalue weighted by molar-refractivity contribution is -0.138. The number of rotatable bonds is 9. The van der Waals surface area contributed by atoms with E-state index in [9.17, 15) is 9.59 Å². The van der Waals surface area contributed by atoms with Gasteiger partial charge in [-0.15, -0.1) is 11.3 Å². The summed E-state index contributed by atoms with van der Waals surface area (Å²) < 4.78 is 0. The van der Waals surface area contributed by atoms with Crippen LogP contribution in [0.4, 0.5) is 0 Å². The Morgan fingerprint density at radius 2 is 2.04 bits per heavy atom. The number of amides is 1. The average molecular weight is 347 g/mol. The lowest BCUT2D eigenvalue weighted by Gasteiger charge is -2.17. The second-order valence-corrected chi connectivity index (χ2v) is 6.33. The van der Waals surface area contributed by atoms with Crippen molar-refractivity contribution in [2.75, 3.05) is 13.1 Å². The number of aliphatic carboxylic acids is 1. The second kappa shape index (κ2) is 9.14. The number of carboxylic acids is 1. The molecule has 2 aromatic rings. The highest BCUT2D eigenvalue weighted by atomic mass is 32.1. The van der Waals surface area contributed by atoms with E-state index in [1.165, 1.54) is 11.3 Å². The van der Waals surface area contributed by atoms with Crippen LogP contribution in [0, 0.1) is 0 Å². The van der Waals surface area contributed by atoms with Gasteiger partial charge >= 0.3 is 5.97 Å². The molecule has 0 radical (unpaired) electrons. The van der Waals surface area contributed by atoms with Crippen LogP contribution in [0.5, 0.6) is 0 Å². The van der Waals surface area contributed by atoms with Crippen molar-refractivity contribution in [1.29, 1.82) is 0 Å². The van der Waals surface area contributed by atoms with Gasteiger partial charge in [0.05, 0.1) is 18.8 Å². The largest absolute Gasteiger partial charge is 0.480 e. The fraction of sp³-hybridized carbons (Fsp3) is 0.353. The van der Waals surface area contributed by atoms with Crippen molar-refractivity contribution in [3.05, 3.63) is 52.0 Å². The third-order valence-corrected chi connectivity index (χ3v) is 4.22. The molecule has 0 bridgehead atoms. The Hall–Kier alpha value is -2.25. The highest BCUT2D eigenvalue weighted by Crippen LogP contribution is 2.12. The van der Waals surface area contributed by atoms with E-state index in [-0.39, 0.29) is 12.5 Å². The quantitative estimate of drug-likeness (QED) is 0.728. The molecule has 0 unspecified atom stereocenters. The summed E-state index contributed by atoms with van der Waals surface area (Å²) >= 11 is 1.47. The van der Waals surface area contributed by atoms with Gasteiger partial charge < -0.3 is 10.4 Å². The number of nitrogens with zero attached hydrogens (tertiary/aromatic N) is 2. The van der Waals surface area contributed by atoms with Crippen molar-refractivity contribution >= 4 is 23.2 Å². The van der Waals surface area contributed by atoms with Crippen LogP contribution in [0.15, 0.2) is 35.7 Å². The molecule has 1 amide bonds. The first-order chi connectivity index (χ1) is 11.6. The Kier molecular flexibility index (Phi) is 6.89. The summed E-state index contributed by atoms with van der Waals surface area (Å²) in [4.78, 5) is 29.2. The van der Waals surface area contributed by atoms with Crippen LogP contribution in [-0.4, -0.2) is 40.0 Å². The minimum absolute atomic E-state index is 0.00540. The van der Waals surface area contributed by atoms with Gasteiger partial charge in [-0.2, -0.15) is 0 Å². The van der Waals surface area contributed by atoms with Gasteiger partial charge in [-0.05, 0) is 25.1 Å². The molecular weight excluding hydrogens is 326 g/mol. The summed E-state index contributed by atoms with van der Waals surface area (Å²) in [6.07, 6.45) is 0.886. The number of benzene rings is 1. The van der Waals surface area contributed by atoms with Crippen LogP contribution < -0.4 is 5.32 Å². The fourth-order valence-electron chi connectivity index (χ4n) is 2.30. The molecule has 1 aromatic heterocycles. The number of aromatic nitrogens is 1. The molecule has 2 rings (SSSR count). The van der Waals surface area contributed by atoms with E-state index >= 15 is 0 Å². The van der Waals surface area contributed by atoms with Crippen LogP contribution in [0.3, 0.4) is 0 Å². The van der Waals surface area contributed by atoms with E-state index < -0.39 is 5.97 Å². The summed E-state index contributed by atoms with van der Waals surface area (Å²) in [7, 11) is 0. The Balaban J connectivity index is 1.88. The normalized spacial score (nSPS) is 10.8.